The molecule has 0 spiro atoms. The number of nitrogens with zero attached hydrogens (tertiary/aromatic N) is 1. The molecule has 4 nitrogen and oxygen atoms in total. The lowest BCUT2D eigenvalue weighted by atomic mass is 9.85. The van der Waals surface area contributed by atoms with Crippen molar-refractivity contribution in [2.45, 2.75) is 19.3 Å². The summed E-state index contributed by atoms with van der Waals surface area (Å²) in [5.74, 6) is -0.189. The van der Waals surface area contributed by atoms with E-state index in [-0.39, 0.29) is 23.7 Å². The number of carbonyl (C=O) groups excluding carboxylic acids is 2. The molecule has 82 valence electrons. The molecule has 1 aliphatic heterocycles. The Morgan fingerprint density at radius 1 is 1.20 bits per heavy atom. The van der Waals surface area contributed by atoms with Crippen molar-refractivity contribution in [2.75, 3.05) is 13.1 Å². The summed E-state index contributed by atoms with van der Waals surface area (Å²) in [6.07, 6.45) is 6.13. The molecule has 1 heterocycles. The molecule has 0 aromatic carbocycles. The summed E-state index contributed by atoms with van der Waals surface area (Å²) in [5, 5.41) is 0. The van der Waals surface area contributed by atoms with Gasteiger partial charge in [0.15, 0.2) is 0 Å². The lowest BCUT2D eigenvalue weighted by Gasteiger charge is -2.14. The molecule has 2 N–H and O–H groups in total. The zero-order chi connectivity index (χ0) is 10.8. The van der Waals surface area contributed by atoms with Crippen molar-refractivity contribution in [3.63, 3.8) is 0 Å². The second-order valence-corrected chi connectivity index (χ2v) is 4.13. The average Bonchev–Trinajstić information content (AvgIpc) is 2.51. The second-order valence-electron chi connectivity index (χ2n) is 4.13. The Morgan fingerprint density at radius 3 is 2.20 bits per heavy atom. The molecule has 15 heavy (non-hydrogen) atoms. The van der Waals surface area contributed by atoms with Crippen LogP contribution in [0, 0.1) is 11.8 Å². The van der Waals surface area contributed by atoms with E-state index in [1.165, 1.54) is 4.90 Å². The Morgan fingerprint density at radius 2 is 1.73 bits per heavy atom. The molecule has 1 aliphatic carbocycles. The van der Waals surface area contributed by atoms with Gasteiger partial charge >= 0.3 is 0 Å². The van der Waals surface area contributed by atoms with Crippen LogP contribution in [0.25, 0.3) is 0 Å². The van der Waals surface area contributed by atoms with Crippen molar-refractivity contribution < 1.29 is 9.59 Å². The van der Waals surface area contributed by atoms with E-state index >= 15 is 0 Å². The molecule has 2 atom stereocenters. The summed E-state index contributed by atoms with van der Waals surface area (Å²) in [6.45, 7) is 1.01. The lowest BCUT2D eigenvalue weighted by molar-refractivity contribution is -0.139. The Balaban J connectivity index is 2.10. The van der Waals surface area contributed by atoms with E-state index in [1.54, 1.807) is 0 Å². The van der Waals surface area contributed by atoms with Gasteiger partial charge in [-0.3, -0.25) is 14.5 Å². The van der Waals surface area contributed by atoms with Gasteiger partial charge in [-0.25, -0.2) is 0 Å². The predicted octanol–water partition coefficient (Wildman–Crippen LogP) is 0.286. The van der Waals surface area contributed by atoms with Crippen molar-refractivity contribution in [1.82, 2.24) is 4.90 Å². The zero-order valence-corrected chi connectivity index (χ0v) is 8.69. The molecule has 0 bridgehead atoms. The number of hydrogen-bond acceptors (Lipinski definition) is 3. The van der Waals surface area contributed by atoms with Gasteiger partial charge in [0.1, 0.15) is 0 Å². The highest BCUT2D eigenvalue weighted by Crippen LogP contribution is 2.34. The molecule has 0 aromatic heterocycles. The van der Waals surface area contributed by atoms with Crippen LogP contribution in [0.15, 0.2) is 12.2 Å². The fourth-order valence-electron chi connectivity index (χ4n) is 2.34. The Hall–Kier alpha value is -1.16. The molecular weight excluding hydrogens is 192 g/mol. The van der Waals surface area contributed by atoms with Crippen LogP contribution < -0.4 is 5.73 Å². The molecule has 0 aromatic rings. The number of allylic oxidation sites excluding steroid dienone is 2. The van der Waals surface area contributed by atoms with Gasteiger partial charge in [0.25, 0.3) is 0 Å². The third-order valence-corrected chi connectivity index (χ3v) is 3.18. The number of imide groups is 1. The minimum absolute atomic E-state index is 0.00259. The number of hydrogen-bond donors (Lipinski definition) is 1. The molecular formula is C11H16N2O2. The van der Waals surface area contributed by atoms with Gasteiger partial charge in [0.2, 0.25) is 11.8 Å². The van der Waals surface area contributed by atoms with Gasteiger partial charge in [-0.05, 0) is 25.8 Å². The fourth-order valence-corrected chi connectivity index (χ4v) is 2.34. The number of amides is 2. The normalized spacial score (nSPS) is 29.8. The summed E-state index contributed by atoms with van der Waals surface area (Å²) in [6, 6.07) is 0. The fraction of sp³-hybridized carbons (Fsp3) is 0.636. The Kier molecular flexibility index (Phi) is 2.86. The van der Waals surface area contributed by atoms with Gasteiger partial charge in [-0.2, -0.15) is 0 Å². The topological polar surface area (TPSA) is 63.4 Å². The van der Waals surface area contributed by atoms with Gasteiger partial charge < -0.3 is 5.73 Å². The van der Waals surface area contributed by atoms with Crippen LogP contribution in [0.2, 0.25) is 0 Å². The van der Waals surface area contributed by atoms with E-state index in [0.717, 1.165) is 0 Å². The molecule has 0 saturated carbocycles. The summed E-state index contributed by atoms with van der Waals surface area (Å²) < 4.78 is 0. The predicted molar refractivity (Wildman–Crippen MR) is 55.7 cm³/mol. The molecule has 2 aliphatic rings. The summed E-state index contributed by atoms with van der Waals surface area (Å²) in [5.41, 5.74) is 5.38. The van der Waals surface area contributed by atoms with E-state index in [2.05, 4.69) is 0 Å². The number of carbonyl (C=O) groups is 2. The quantitative estimate of drug-likeness (QED) is 0.535. The standard InChI is InChI=1S/C11H16N2O2/c12-6-3-7-13-10(14)8-4-1-2-5-9(8)11(13)15/h1-2,8-9H,3-7,12H2/t8-,9-/m0/s1. The van der Waals surface area contributed by atoms with Crippen molar-refractivity contribution >= 4 is 11.8 Å². The summed E-state index contributed by atoms with van der Waals surface area (Å²) >= 11 is 0. The number of rotatable bonds is 3. The van der Waals surface area contributed by atoms with Crippen LogP contribution in [-0.2, 0) is 9.59 Å². The molecule has 0 unspecified atom stereocenters. The van der Waals surface area contributed by atoms with E-state index in [0.29, 0.717) is 32.4 Å². The first-order valence-corrected chi connectivity index (χ1v) is 5.46. The lowest BCUT2D eigenvalue weighted by Crippen LogP contribution is -2.33. The van der Waals surface area contributed by atoms with Crippen LogP contribution in [0.5, 0.6) is 0 Å². The minimum Gasteiger partial charge on any atom is -0.330 e. The van der Waals surface area contributed by atoms with E-state index < -0.39 is 0 Å². The molecule has 0 radical (unpaired) electrons. The van der Waals surface area contributed by atoms with E-state index in [1.807, 2.05) is 12.2 Å². The van der Waals surface area contributed by atoms with E-state index in [9.17, 15) is 9.59 Å². The highest BCUT2D eigenvalue weighted by molar-refractivity contribution is 6.05. The van der Waals surface area contributed by atoms with Crippen molar-refractivity contribution in [1.29, 1.82) is 0 Å². The third-order valence-electron chi connectivity index (χ3n) is 3.18. The maximum atomic E-state index is 11.9. The van der Waals surface area contributed by atoms with Gasteiger partial charge in [0, 0.05) is 6.54 Å². The smallest absolute Gasteiger partial charge is 0.233 e. The van der Waals surface area contributed by atoms with E-state index in [4.69, 9.17) is 5.73 Å². The van der Waals surface area contributed by atoms with Crippen molar-refractivity contribution in [2.24, 2.45) is 17.6 Å². The van der Waals surface area contributed by atoms with Gasteiger partial charge in [0.05, 0.1) is 11.8 Å². The average molecular weight is 208 g/mol. The zero-order valence-electron chi connectivity index (χ0n) is 8.69. The maximum absolute atomic E-state index is 11.9. The number of nitrogens with two attached hydrogens (primary N) is 1. The first-order valence-electron chi connectivity index (χ1n) is 5.46. The van der Waals surface area contributed by atoms with Crippen LogP contribution in [0.1, 0.15) is 19.3 Å². The largest absolute Gasteiger partial charge is 0.330 e. The highest BCUT2D eigenvalue weighted by Gasteiger charge is 2.46. The monoisotopic (exact) mass is 208 g/mol. The van der Waals surface area contributed by atoms with Crippen LogP contribution in [0.3, 0.4) is 0 Å². The van der Waals surface area contributed by atoms with Crippen LogP contribution >= 0.6 is 0 Å². The van der Waals surface area contributed by atoms with Crippen molar-refractivity contribution in [3.05, 3.63) is 12.2 Å². The third kappa shape index (κ3) is 1.69. The first kappa shape index (κ1) is 10.4. The summed E-state index contributed by atoms with van der Waals surface area (Å²) in [4.78, 5) is 25.2. The first-order chi connectivity index (χ1) is 7.25. The Labute approximate surface area is 89.1 Å². The molecule has 2 amide bonds. The minimum atomic E-state index is -0.0970. The Bertz CT molecular complexity index is 286. The van der Waals surface area contributed by atoms with Crippen molar-refractivity contribution in [3.8, 4) is 0 Å². The second kappa shape index (κ2) is 4.14. The van der Waals surface area contributed by atoms with Gasteiger partial charge in [-0.15, -0.1) is 0 Å². The SMILES string of the molecule is NCCCN1C(=O)[C@H]2CC=CC[C@@H]2C1=O. The summed E-state index contributed by atoms with van der Waals surface area (Å²) in [7, 11) is 0. The molecule has 4 heteroatoms. The molecule has 1 saturated heterocycles. The highest BCUT2D eigenvalue weighted by atomic mass is 16.2. The molecule has 1 fully saturated rings. The van der Waals surface area contributed by atoms with Gasteiger partial charge in [-0.1, -0.05) is 12.2 Å². The number of likely N-dealkylation sites (tertiary alicyclic amines) is 1. The molecule has 2 rings (SSSR count). The maximum Gasteiger partial charge on any atom is 0.233 e. The van der Waals surface area contributed by atoms with Crippen LogP contribution in [0.4, 0.5) is 0 Å². The van der Waals surface area contributed by atoms with Crippen LogP contribution in [-0.4, -0.2) is 29.8 Å². The number of fused-ring (bicyclic) bond motifs is 1.